The van der Waals surface area contributed by atoms with Gasteiger partial charge in [0.25, 0.3) is 5.91 Å². The molecular formula is C30H26F3N3O3. The average Bonchev–Trinajstić information content (AvgIpc) is 2.91. The number of allylic oxidation sites excluding steroid dienone is 3. The number of fused-ring (bicyclic) bond motifs is 1. The monoisotopic (exact) mass is 533 g/mol. The largest absolute Gasteiger partial charge is 0.439 e. The molecule has 0 radical (unpaired) electrons. The van der Waals surface area contributed by atoms with E-state index < -0.39 is 12.2 Å². The highest BCUT2D eigenvalue weighted by atomic mass is 19.4. The molecule has 0 aliphatic heterocycles. The number of rotatable bonds is 10. The second kappa shape index (κ2) is 12.8. The van der Waals surface area contributed by atoms with Crippen molar-refractivity contribution in [2.24, 2.45) is 0 Å². The van der Waals surface area contributed by atoms with Crippen LogP contribution in [0.15, 0.2) is 103 Å². The van der Waals surface area contributed by atoms with Gasteiger partial charge in [0.2, 0.25) is 5.88 Å². The number of amides is 1. The number of hydrogen-bond donors (Lipinski definition) is 1. The second-order valence-electron chi connectivity index (χ2n) is 8.66. The molecule has 1 unspecified atom stereocenters. The van der Waals surface area contributed by atoms with Crippen molar-refractivity contribution in [2.45, 2.75) is 32.4 Å². The normalized spacial score (nSPS) is 12.7. The first-order valence-electron chi connectivity index (χ1n) is 12.1. The van der Waals surface area contributed by atoms with Crippen LogP contribution in [0.4, 0.5) is 13.2 Å². The fourth-order valence-corrected chi connectivity index (χ4v) is 3.73. The van der Waals surface area contributed by atoms with Gasteiger partial charge in [0.1, 0.15) is 12.1 Å². The Morgan fingerprint density at radius 2 is 1.79 bits per heavy atom. The lowest BCUT2D eigenvalue weighted by atomic mass is 10.0. The van der Waals surface area contributed by atoms with E-state index in [0.717, 1.165) is 17.0 Å². The first-order chi connectivity index (χ1) is 18.8. The molecule has 6 nitrogen and oxygen atoms in total. The Bertz CT molecular complexity index is 1470. The van der Waals surface area contributed by atoms with Gasteiger partial charge in [-0.05, 0) is 47.5 Å². The summed E-state index contributed by atoms with van der Waals surface area (Å²) in [5, 5.41) is 4.25. The van der Waals surface area contributed by atoms with Crippen LogP contribution >= 0.6 is 0 Å². The lowest BCUT2D eigenvalue weighted by Crippen LogP contribution is -2.31. The molecule has 0 bridgehead atoms. The van der Waals surface area contributed by atoms with E-state index in [1.807, 2.05) is 36.4 Å². The van der Waals surface area contributed by atoms with Crippen LogP contribution in [0.25, 0.3) is 10.8 Å². The molecule has 0 spiro atoms. The van der Waals surface area contributed by atoms with Crippen LogP contribution in [-0.2, 0) is 18.0 Å². The van der Waals surface area contributed by atoms with Gasteiger partial charge in [-0.1, -0.05) is 60.7 Å². The Kier molecular flexibility index (Phi) is 9.06. The van der Waals surface area contributed by atoms with Crippen LogP contribution in [0.2, 0.25) is 0 Å². The molecule has 1 N–H and O–H groups in total. The van der Waals surface area contributed by atoms with Gasteiger partial charge in [0, 0.05) is 23.7 Å². The van der Waals surface area contributed by atoms with Crippen molar-refractivity contribution < 1.29 is 27.4 Å². The number of alkyl halides is 3. The van der Waals surface area contributed by atoms with E-state index in [1.165, 1.54) is 18.5 Å². The van der Waals surface area contributed by atoms with Crippen molar-refractivity contribution in [3.63, 3.8) is 0 Å². The van der Waals surface area contributed by atoms with Gasteiger partial charge >= 0.3 is 6.18 Å². The zero-order valence-corrected chi connectivity index (χ0v) is 21.1. The summed E-state index contributed by atoms with van der Waals surface area (Å²) < 4.78 is 48.3. The number of hydrogen-bond acceptors (Lipinski definition) is 5. The molecule has 4 rings (SSSR count). The van der Waals surface area contributed by atoms with Crippen LogP contribution in [0, 0.1) is 0 Å². The molecule has 0 saturated heterocycles. The van der Waals surface area contributed by atoms with Crippen molar-refractivity contribution >= 4 is 16.7 Å². The molecule has 0 fully saturated rings. The number of carbonyl (C=O) groups is 1. The average molecular weight is 534 g/mol. The highest BCUT2D eigenvalue weighted by Crippen LogP contribution is 2.27. The number of carbonyl (C=O) groups excluding carboxylic acids is 1. The highest BCUT2D eigenvalue weighted by molar-refractivity contribution is 6.07. The van der Waals surface area contributed by atoms with E-state index >= 15 is 0 Å². The third kappa shape index (κ3) is 8.51. The smallest absolute Gasteiger partial charge is 0.409 e. The van der Waals surface area contributed by atoms with Crippen molar-refractivity contribution in [1.82, 2.24) is 15.3 Å². The summed E-state index contributed by atoms with van der Waals surface area (Å²) in [6.45, 7) is 2.44. The first kappa shape index (κ1) is 27.5. The number of aromatic nitrogens is 2. The molecule has 1 heterocycles. The minimum atomic E-state index is -4.38. The van der Waals surface area contributed by atoms with Crippen molar-refractivity contribution in [3.05, 3.63) is 120 Å². The minimum Gasteiger partial charge on any atom is -0.439 e. The molecule has 0 saturated carbocycles. The van der Waals surface area contributed by atoms with Gasteiger partial charge in [-0.15, -0.1) is 0 Å². The number of nitrogens with zero attached hydrogens (tertiary/aromatic N) is 2. The Hall–Kier alpha value is -4.50. The standard InChI is InChI=1S/C30H26F3N3O3/c1-21(8-5-6-15-30(31,32)33)36-29(37)27-12-7-11-23-16-25(13-14-26(23)27)39-28-17-24(34-20-35-28)19-38-18-22-9-3-2-4-10-22/h2-17,20-21H,18-19H2,1H3,(H,36,37). The van der Waals surface area contributed by atoms with Gasteiger partial charge in [0.15, 0.2) is 0 Å². The molecule has 0 aliphatic carbocycles. The summed E-state index contributed by atoms with van der Waals surface area (Å²) in [4.78, 5) is 21.3. The minimum absolute atomic E-state index is 0.129. The molecule has 4 aromatic rings. The molecule has 200 valence electrons. The van der Waals surface area contributed by atoms with Crippen LogP contribution in [0.1, 0.15) is 28.5 Å². The Balaban J connectivity index is 1.39. The summed E-state index contributed by atoms with van der Waals surface area (Å²) in [6, 6.07) is 21.7. The second-order valence-corrected chi connectivity index (χ2v) is 8.66. The van der Waals surface area contributed by atoms with E-state index in [9.17, 15) is 18.0 Å². The topological polar surface area (TPSA) is 73.3 Å². The maximum absolute atomic E-state index is 12.8. The van der Waals surface area contributed by atoms with Crippen LogP contribution < -0.4 is 10.1 Å². The van der Waals surface area contributed by atoms with E-state index in [0.29, 0.717) is 41.5 Å². The van der Waals surface area contributed by atoms with Crippen molar-refractivity contribution in [1.29, 1.82) is 0 Å². The summed E-state index contributed by atoms with van der Waals surface area (Å²) in [5.74, 6) is 0.543. The summed E-state index contributed by atoms with van der Waals surface area (Å²) >= 11 is 0. The fraction of sp³-hybridized carbons (Fsp3) is 0.167. The van der Waals surface area contributed by atoms with Crippen LogP contribution in [0.5, 0.6) is 11.6 Å². The van der Waals surface area contributed by atoms with Gasteiger partial charge in [-0.25, -0.2) is 9.97 Å². The summed E-state index contributed by atoms with van der Waals surface area (Å²) in [6.07, 6.45) is 0.771. The van der Waals surface area contributed by atoms with E-state index in [4.69, 9.17) is 9.47 Å². The Morgan fingerprint density at radius 1 is 0.974 bits per heavy atom. The van der Waals surface area contributed by atoms with Crippen LogP contribution in [0.3, 0.4) is 0 Å². The molecule has 1 atom stereocenters. The number of halogens is 3. The van der Waals surface area contributed by atoms with Gasteiger partial charge in [-0.2, -0.15) is 13.2 Å². The third-order valence-electron chi connectivity index (χ3n) is 5.53. The quantitative estimate of drug-likeness (QED) is 0.224. The van der Waals surface area contributed by atoms with Crippen LogP contribution in [-0.4, -0.2) is 28.1 Å². The molecular weight excluding hydrogens is 507 g/mol. The van der Waals surface area contributed by atoms with E-state index in [1.54, 1.807) is 43.3 Å². The fourth-order valence-electron chi connectivity index (χ4n) is 3.73. The molecule has 9 heteroatoms. The van der Waals surface area contributed by atoms with Gasteiger partial charge < -0.3 is 14.8 Å². The first-order valence-corrected chi connectivity index (χ1v) is 12.1. The Labute approximate surface area is 223 Å². The van der Waals surface area contributed by atoms with E-state index in [-0.39, 0.29) is 12.0 Å². The maximum Gasteiger partial charge on any atom is 0.409 e. The SMILES string of the molecule is CC(C=CC=CC(F)(F)F)NC(=O)c1cccc2cc(Oc3cc(COCc4ccccc4)ncn3)ccc12. The highest BCUT2D eigenvalue weighted by Gasteiger charge is 2.21. The molecule has 1 amide bonds. The van der Waals surface area contributed by atoms with Crippen molar-refractivity contribution in [3.8, 4) is 11.6 Å². The number of benzene rings is 3. The zero-order chi connectivity index (χ0) is 27.7. The molecule has 0 aliphatic rings. The number of nitrogens with one attached hydrogen (secondary N) is 1. The van der Waals surface area contributed by atoms with Gasteiger partial charge in [-0.3, -0.25) is 4.79 Å². The maximum atomic E-state index is 12.8. The predicted molar refractivity (Wildman–Crippen MR) is 142 cm³/mol. The lowest BCUT2D eigenvalue weighted by molar-refractivity contribution is -0.0798. The zero-order valence-electron chi connectivity index (χ0n) is 21.1. The van der Waals surface area contributed by atoms with Crippen molar-refractivity contribution in [2.75, 3.05) is 0 Å². The predicted octanol–water partition coefficient (Wildman–Crippen LogP) is 6.93. The lowest BCUT2D eigenvalue weighted by Gasteiger charge is -2.12. The molecule has 3 aromatic carbocycles. The Morgan fingerprint density at radius 3 is 2.59 bits per heavy atom. The third-order valence-corrected chi connectivity index (χ3v) is 5.53. The molecule has 39 heavy (non-hydrogen) atoms. The van der Waals surface area contributed by atoms with E-state index in [2.05, 4.69) is 15.3 Å². The summed E-state index contributed by atoms with van der Waals surface area (Å²) in [7, 11) is 0. The molecule has 1 aromatic heterocycles. The summed E-state index contributed by atoms with van der Waals surface area (Å²) in [5.41, 5.74) is 2.18. The van der Waals surface area contributed by atoms with Gasteiger partial charge in [0.05, 0.1) is 18.9 Å². The number of ether oxygens (including phenoxy) is 2.